The van der Waals surface area contributed by atoms with Crippen LogP contribution in [0.2, 0.25) is 10.0 Å². The monoisotopic (exact) mass is 682 g/mol. The molecule has 1 N–H and O–H groups in total. The molecule has 6 rings (SSSR count). The number of aryl methyl sites for hydroxylation is 1. The lowest BCUT2D eigenvalue weighted by molar-refractivity contribution is -0.128. The minimum atomic E-state index is -0.759. The minimum absolute atomic E-state index is 0.00633. The minimum Gasteiger partial charge on any atom is -0.469 e. The van der Waals surface area contributed by atoms with Crippen molar-refractivity contribution in [2.75, 3.05) is 26.8 Å². The van der Waals surface area contributed by atoms with E-state index in [9.17, 15) is 13.6 Å². The number of halogens is 4. The summed E-state index contributed by atoms with van der Waals surface area (Å²) in [5.74, 6) is -0.868. The van der Waals surface area contributed by atoms with Crippen LogP contribution in [0, 0.1) is 11.6 Å². The number of methoxy groups -OCH3 is 1. The van der Waals surface area contributed by atoms with Gasteiger partial charge >= 0.3 is 0 Å². The van der Waals surface area contributed by atoms with Gasteiger partial charge in [-0.05, 0) is 85.2 Å². The van der Waals surface area contributed by atoms with Crippen LogP contribution in [0.15, 0.2) is 64.8 Å². The van der Waals surface area contributed by atoms with Gasteiger partial charge in [0.2, 0.25) is 5.88 Å². The van der Waals surface area contributed by atoms with Crippen LogP contribution in [0.5, 0.6) is 5.88 Å². The van der Waals surface area contributed by atoms with Crippen LogP contribution in [0.25, 0.3) is 16.8 Å². The molecule has 2 aromatic carbocycles. The average Bonchev–Trinajstić information content (AvgIpc) is 3.83. The Hall–Kier alpha value is -3.83. The summed E-state index contributed by atoms with van der Waals surface area (Å²) in [6, 6.07) is 13.2. The summed E-state index contributed by atoms with van der Waals surface area (Å²) in [6.45, 7) is 2.30. The van der Waals surface area contributed by atoms with E-state index in [2.05, 4.69) is 21.5 Å². The lowest BCUT2D eigenvalue weighted by Gasteiger charge is -2.28. The van der Waals surface area contributed by atoms with Gasteiger partial charge in [-0.3, -0.25) is 4.79 Å². The fraction of sp³-hybridized carbons (Fsp3) is 0.343. The maximum atomic E-state index is 14.3. The maximum absolute atomic E-state index is 14.3. The molecule has 3 heterocycles. The van der Waals surface area contributed by atoms with Crippen molar-refractivity contribution in [2.45, 2.75) is 51.3 Å². The van der Waals surface area contributed by atoms with Gasteiger partial charge in [-0.25, -0.2) is 13.8 Å². The highest BCUT2D eigenvalue weighted by atomic mass is 35.5. The van der Waals surface area contributed by atoms with E-state index >= 15 is 0 Å². The summed E-state index contributed by atoms with van der Waals surface area (Å²) in [6.07, 6.45) is 6.10. The van der Waals surface area contributed by atoms with E-state index in [-0.39, 0.29) is 40.6 Å². The van der Waals surface area contributed by atoms with Crippen molar-refractivity contribution in [1.82, 2.24) is 20.4 Å². The zero-order valence-corrected chi connectivity index (χ0v) is 27.3. The molecule has 0 unspecified atom stereocenters. The topological polar surface area (TPSA) is 89.7 Å². The third-order valence-corrected chi connectivity index (χ3v) is 9.03. The van der Waals surface area contributed by atoms with Crippen LogP contribution in [0.1, 0.15) is 48.1 Å². The molecule has 0 spiro atoms. The van der Waals surface area contributed by atoms with Crippen molar-refractivity contribution >= 4 is 34.7 Å². The highest BCUT2D eigenvalue weighted by Gasteiger charge is 2.35. The van der Waals surface area contributed by atoms with Crippen LogP contribution in [0.3, 0.4) is 0 Å². The first-order valence-electron chi connectivity index (χ1n) is 15.5. The van der Waals surface area contributed by atoms with Crippen molar-refractivity contribution in [3.8, 4) is 17.1 Å². The third kappa shape index (κ3) is 7.84. The van der Waals surface area contributed by atoms with E-state index < -0.39 is 11.6 Å². The molecule has 0 bridgehead atoms. The molecule has 1 saturated carbocycles. The Kier molecular flexibility index (Phi) is 10.5. The number of carbonyl (C=O) groups is 1. The number of ether oxygens (including phenoxy) is 2. The van der Waals surface area contributed by atoms with E-state index in [0.717, 1.165) is 66.6 Å². The zero-order valence-electron chi connectivity index (χ0n) is 25.8. The van der Waals surface area contributed by atoms with E-state index in [1.54, 1.807) is 19.4 Å². The number of rotatable bonds is 13. The summed E-state index contributed by atoms with van der Waals surface area (Å²) in [5, 5.41) is 7.45. The maximum Gasteiger partial charge on any atom is 0.251 e. The molecule has 1 aliphatic carbocycles. The van der Waals surface area contributed by atoms with Crippen molar-refractivity contribution in [3.63, 3.8) is 0 Å². The lowest BCUT2D eigenvalue weighted by atomic mass is 9.94. The summed E-state index contributed by atoms with van der Waals surface area (Å²) >= 11 is 12.6. The molecule has 246 valence electrons. The lowest BCUT2D eigenvalue weighted by Crippen LogP contribution is -2.39. The molecule has 0 radical (unpaired) electrons. The van der Waals surface area contributed by atoms with Gasteiger partial charge < -0.3 is 24.2 Å². The number of hydrogen-bond donors (Lipinski definition) is 1. The summed E-state index contributed by atoms with van der Waals surface area (Å²) in [5.41, 5.74) is 4.51. The molecule has 0 atom stereocenters. The molecule has 4 aromatic rings. The van der Waals surface area contributed by atoms with Gasteiger partial charge in [0.25, 0.3) is 5.91 Å². The third-order valence-electron chi connectivity index (χ3n) is 8.30. The summed E-state index contributed by atoms with van der Waals surface area (Å²) < 4.78 is 44.4. The molecule has 1 fully saturated rings. The van der Waals surface area contributed by atoms with Crippen molar-refractivity contribution < 1.29 is 27.6 Å². The molecule has 2 aliphatic rings. The quantitative estimate of drug-likeness (QED) is 0.116. The first kappa shape index (κ1) is 33.1. The Balaban J connectivity index is 1.15. The van der Waals surface area contributed by atoms with Gasteiger partial charge in [-0.1, -0.05) is 40.5 Å². The number of nitrogens with zero attached hydrogens (tertiary/aromatic N) is 3. The van der Waals surface area contributed by atoms with Crippen LogP contribution in [0.4, 0.5) is 8.78 Å². The predicted molar refractivity (Wildman–Crippen MR) is 175 cm³/mol. The van der Waals surface area contributed by atoms with E-state index in [4.69, 9.17) is 37.2 Å². The van der Waals surface area contributed by atoms with Gasteiger partial charge in [0.05, 0.1) is 10.6 Å². The van der Waals surface area contributed by atoms with E-state index in [1.165, 1.54) is 11.6 Å². The second-order valence-corrected chi connectivity index (χ2v) is 12.4. The molecule has 2 aromatic heterocycles. The number of hydrogen-bond acceptors (Lipinski definition) is 7. The van der Waals surface area contributed by atoms with Gasteiger partial charge in [0.1, 0.15) is 17.3 Å². The second-order valence-electron chi connectivity index (χ2n) is 11.6. The Morgan fingerprint density at radius 1 is 1.11 bits per heavy atom. The number of carbonyl (C=O) groups excluding carboxylic acids is 1. The second kappa shape index (κ2) is 14.9. The SMILES string of the molecule is COCCCc1ccc(Cl)c(CN(C(=O)C2=C(c3ccc(OCc4cc(-c5c(F)ccc(F)c5Cl)no4)nc3)CCNC2)C2CC2)c1. The Morgan fingerprint density at radius 3 is 2.70 bits per heavy atom. The van der Waals surface area contributed by atoms with Gasteiger partial charge in [0.15, 0.2) is 12.4 Å². The number of aromatic nitrogens is 2. The molecule has 1 amide bonds. The molecule has 0 saturated heterocycles. The molecule has 1 aliphatic heterocycles. The van der Waals surface area contributed by atoms with Gasteiger partial charge in [-0.15, -0.1) is 0 Å². The highest BCUT2D eigenvalue weighted by Crippen LogP contribution is 2.35. The Labute approximate surface area is 281 Å². The number of amides is 1. The van der Waals surface area contributed by atoms with Crippen LogP contribution in [-0.4, -0.2) is 53.8 Å². The Morgan fingerprint density at radius 2 is 1.94 bits per heavy atom. The normalized spacial score (nSPS) is 14.8. The number of nitrogens with one attached hydrogen (secondary N) is 1. The van der Waals surface area contributed by atoms with Crippen LogP contribution in [-0.2, 0) is 29.1 Å². The molecular weight excluding hydrogens is 649 g/mol. The first-order chi connectivity index (χ1) is 22.8. The van der Waals surface area contributed by atoms with Gasteiger partial charge in [-0.2, -0.15) is 0 Å². The average molecular weight is 684 g/mol. The molecule has 8 nitrogen and oxygen atoms in total. The summed E-state index contributed by atoms with van der Waals surface area (Å²) in [7, 11) is 1.70. The van der Waals surface area contributed by atoms with Crippen molar-refractivity contribution in [3.05, 3.63) is 104 Å². The summed E-state index contributed by atoms with van der Waals surface area (Å²) in [4.78, 5) is 20.5. The molecule has 47 heavy (non-hydrogen) atoms. The fourth-order valence-corrected chi connectivity index (χ4v) is 6.12. The largest absolute Gasteiger partial charge is 0.469 e. The van der Waals surface area contributed by atoms with Crippen molar-refractivity contribution in [1.29, 1.82) is 0 Å². The number of benzene rings is 2. The first-order valence-corrected chi connectivity index (χ1v) is 16.3. The van der Waals surface area contributed by atoms with Crippen LogP contribution >= 0.6 is 23.2 Å². The van der Waals surface area contributed by atoms with E-state index in [0.29, 0.717) is 37.0 Å². The Bertz CT molecular complexity index is 1780. The van der Waals surface area contributed by atoms with Crippen LogP contribution < -0.4 is 10.1 Å². The van der Waals surface area contributed by atoms with Gasteiger partial charge in [0, 0.05) is 61.8 Å². The highest BCUT2D eigenvalue weighted by molar-refractivity contribution is 6.33. The zero-order chi connectivity index (χ0) is 32.9. The molecule has 12 heteroatoms. The fourth-order valence-electron chi connectivity index (χ4n) is 5.69. The predicted octanol–water partition coefficient (Wildman–Crippen LogP) is 7.42. The van der Waals surface area contributed by atoms with E-state index in [1.807, 2.05) is 23.1 Å². The smallest absolute Gasteiger partial charge is 0.251 e. The molecular formula is C35H34Cl2F2N4O4. The number of pyridine rings is 1. The standard InChI is InChI=1S/C35H34Cl2F2N4O4/c1-45-14-2-3-21-4-8-28(36)23(15-21)19-43(24-6-7-24)35(44)27-18-40-13-12-26(27)22-5-11-32(41-17-22)46-20-25-16-31(42-47-25)33-29(38)9-10-30(39)34(33)37/h4-5,8-11,15-17,24,40H,2-3,6-7,12-14,18-20H2,1H3. The van der Waals surface area contributed by atoms with Crippen molar-refractivity contribution in [2.24, 2.45) is 0 Å².